The van der Waals surface area contributed by atoms with Gasteiger partial charge in [-0.1, -0.05) is 12.1 Å². The van der Waals surface area contributed by atoms with E-state index in [1.54, 1.807) is 38.1 Å². The molecule has 0 N–H and O–H groups in total. The lowest BCUT2D eigenvalue weighted by Crippen LogP contribution is -1.99. The molecular formula is C15H11FO3. The summed E-state index contributed by atoms with van der Waals surface area (Å²) < 4.78 is 24.2. The summed E-state index contributed by atoms with van der Waals surface area (Å²) in [7, 11) is 0. The van der Waals surface area contributed by atoms with Crippen molar-refractivity contribution in [1.29, 1.82) is 0 Å². The molecule has 0 saturated heterocycles. The van der Waals surface area contributed by atoms with Gasteiger partial charge in [0.25, 0.3) is 0 Å². The van der Waals surface area contributed by atoms with E-state index in [2.05, 4.69) is 0 Å². The summed E-state index contributed by atoms with van der Waals surface area (Å²) in [6, 6.07) is 7.78. The Morgan fingerprint density at radius 3 is 2.58 bits per heavy atom. The van der Waals surface area contributed by atoms with Gasteiger partial charge in [0.15, 0.2) is 17.2 Å². The fraction of sp³-hybridized carbons (Fsp3) is 0.133. The maximum atomic E-state index is 13.5. The number of carbonyl (C=O) groups is 1. The highest BCUT2D eigenvalue weighted by molar-refractivity contribution is 6.09. The minimum absolute atomic E-state index is 0.101. The lowest BCUT2D eigenvalue weighted by atomic mass is 10.1. The van der Waals surface area contributed by atoms with Crippen molar-refractivity contribution >= 4 is 16.8 Å². The fourth-order valence-electron chi connectivity index (χ4n) is 2.13. The number of rotatable bonds is 2. The number of benzene rings is 1. The van der Waals surface area contributed by atoms with Crippen molar-refractivity contribution in [3.8, 4) is 0 Å². The molecule has 0 saturated carbocycles. The maximum Gasteiger partial charge on any atom is 0.231 e. The Morgan fingerprint density at radius 1 is 1.16 bits per heavy atom. The van der Waals surface area contributed by atoms with E-state index in [1.165, 1.54) is 6.07 Å². The molecule has 0 bridgehead atoms. The van der Waals surface area contributed by atoms with Crippen LogP contribution in [-0.2, 0) is 0 Å². The Hall–Kier alpha value is -2.36. The van der Waals surface area contributed by atoms with Gasteiger partial charge in [-0.3, -0.25) is 4.79 Å². The number of halogens is 1. The zero-order chi connectivity index (χ0) is 13.6. The normalized spacial score (nSPS) is 11.1. The third-order valence-electron chi connectivity index (χ3n) is 3.01. The van der Waals surface area contributed by atoms with Gasteiger partial charge in [-0.05, 0) is 32.0 Å². The van der Waals surface area contributed by atoms with Crippen LogP contribution in [0.4, 0.5) is 4.39 Å². The smallest absolute Gasteiger partial charge is 0.231 e. The van der Waals surface area contributed by atoms with Crippen molar-refractivity contribution in [2.24, 2.45) is 0 Å². The SMILES string of the molecule is Cc1cc(C(=O)c2cc3cccc(F)c3o2)c(C)o1. The predicted molar refractivity (Wildman–Crippen MR) is 67.8 cm³/mol. The number of fused-ring (bicyclic) bond motifs is 1. The monoisotopic (exact) mass is 258 g/mol. The molecule has 96 valence electrons. The number of furan rings is 2. The molecule has 0 aliphatic carbocycles. The van der Waals surface area contributed by atoms with Gasteiger partial charge in [0.05, 0.1) is 5.56 Å². The van der Waals surface area contributed by atoms with E-state index in [0.29, 0.717) is 22.5 Å². The molecular weight excluding hydrogens is 247 g/mol. The lowest BCUT2D eigenvalue weighted by molar-refractivity contribution is 0.101. The number of carbonyl (C=O) groups excluding carboxylic acids is 1. The highest BCUT2D eigenvalue weighted by atomic mass is 19.1. The second-order valence-electron chi connectivity index (χ2n) is 4.42. The molecule has 2 aromatic heterocycles. The van der Waals surface area contributed by atoms with E-state index < -0.39 is 5.82 Å². The zero-order valence-corrected chi connectivity index (χ0v) is 10.5. The van der Waals surface area contributed by atoms with Crippen molar-refractivity contribution in [3.05, 3.63) is 59.0 Å². The summed E-state index contributed by atoms with van der Waals surface area (Å²) in [4.78, 5) is 12.3. The Bertz CT molecular complexity index is 780. The van der Waals surface area contributed by atoms with Crippen LogP contribution >= 0.6 is 0 Å². The van der Waals surface area contributed by atoms with Crippen molar-refractivity contribution in [2.45, 2.75) is 13.8 Å². The van der Waals surface area contributed by atoms with E-state index in [-0.39, 0.29) is 17.1 Å². The first-order chi connectivity index (χ1) is 9.06. The van der Waals surface area contributed by atoms with Crippen LogP contribution in [0.1, 0.15) is 27.6 Å². The summed E-state index contributed by atoms with van der Waals surface area (Å²) in [6.45, 7) is 3.48. The Balaban J connectivity index is 2.12. The molecule has 0 atom stereocenters. The highest BCUT2D eigenvalue weighted by Crippen LogP contribution is 2.25. The summed E-state index contributed by atoms with van der Waals surface area (Å²) in [5, 5.41) is 0.571. The predicted octanol–water partition coefficient (Wildman–Crippen LogP) is 4.01. The fourth-order valence-corrected chi connectivity index (χ4v) is 2.13. The van der Waals surface area contributed by atoms with E-state index in [4.69, 9.17) is 8.83 Å². The second-order valence-corrected chi connectivity index (χ2v) is 4.42. The van der Waals surface area contributed by atoms with Crippen LogP contribution in [0.15, 0.2) is 39.2 Å². The van der Waals surface area contributed by atoms with Gasteiger partial charge >= 0.3 is 0 Å². The van der Waals surface area contributed by atoms with Gasteiger partial charge in [0, 0.05) is 5.39 Å². The molecule has 0 aliphatic heterocycles. The first kappa shape index (κ1) is 11.7. The number of aryl methyl sites for hydroxylation is 2. The molecule has 0 spiro atoms. The molecule has 2 heterocycles. The highest BCUT2D eigenvalue weighted by Gasteiger charge is 2.20. The molecule has 3 rings (SSSR count). The lowest BCUT2D eigenvalue weighted by Gasteiger charge is -1.93. The molecule has 3 aromatic rings. The molecule has 1 aromatic carbocycles. The van der Waals surface area contributed by atoms with Crippen LogP contribution in [0.2, 0.25) is 0 Å². The van der Waals surface area contributed by atoms with Crippen LogP contribution in [0.5, 0.6) is 0 Å². The summed E-state index contributed by atoms with van der Waals surface area (Å²) in [6.07, 6.45) is 0. The summed E-state index contributed by atoms with van der Waals surface area (Å²) >= 11 is 0. The first-order valence-electron chi connectivity index (χ1n) is 5.86. The van der Waals surface area contributed by atoms with E-state index in [0.717, 1.165) is 0 Å². The van der Waals surface area contributed by atoms with Gasteiger partial charge in [-0.15, -0.1) is 0 Å². The Labute approximate surface area is 108 Å². The number of ketones is 1. The summed E-state index contributed by atoms with van der Waals surface area (Å²) in [5.41, 5.74) is 0.542. The van der Waals surface area contributed by atoms with Gasteiger partial charge in [0.2, 0.25) is 5.78 Å². The zero-order valence-electron chi connectivity index (χ0n) is 10.5. The number of hydrogen-bond acceptors (Lipinski definition) is 3. The second kappa shape index (κ2) is 4.09. The van der Waals surface area contributed by atoms with Gasteiger partial charge in [-0.2, -0.15) is 0 Å². The average molecular weight is 258 g/mol. The molecule has 0 amide bonds. The van der Waals surface area contributed by atoms with Crippen molar-refractivity contribution in [1.82, 2.24) is 0 Å². The number of hydrogen-bond donors (Lipinski definition) is 0. The van der Waals surface area contributed by atoms with E-state index >= 15 is 0 Å². The third kappa shape index (κ3) is 1.85. The van der Waals surface area contributed by atoms with Crippen LogP contribution in [0.3, 0.4) is 0 Å². The molecule has 0 unspecified atom stereocenters. The van der Waals surface area contributed by atoms with Crippen molar-refractivity contribution in [2.75, 3.05) is 0 Å². The molecule has 3 nitrogen and oxygen atoms in total. The largest absolute Gasteiger partial charge is 0.466 e. The quantitative estimate of drug-likeness (QED) is 0.652. The molecule has 4 heteroatoms. The number of para-hydroxylation sites is 1. The van der Waals surface area contributed by atoms with Crippen LogP contribution in [0, 0.1) is 19.7 Å². The molecule has 0 radical (unpaired) electrons. The van der Waals surface area contributed by atoms with Crippen molar-refractivity contribution in [3.63, 3.8) is 0 Å². The Kier molecular flexibility index (Phi) is 2.52. The van der Waals surface area contributed by atoms with Gasteiger partial charge in [-0.25, -0.2) is 4.39 Å². The minimum Gasteiger partial charge on any atom is -0.466 e. The minimum atomic E-state index is -0.475. The van der Waals surface area contributed by atoms with E-state index in [1.807, 2.05) is 0 Å². The Morgan fingerprint density at radius 2 is 1.95 bits per heavy atom. The van der Waals surface area contributed by atoms with Crippen LogP contribution in [0.25, 0.3) is 11.0 Å². The van der Waals surface area contributed by atoms with Gasteiger partial charge in [0.1, 0.15) is 11.5 Å². The van der Waals surface area contributed by atoms with Gasteiger partial charge < -0.3 is 8.83 Å². The average Bonchev–Trinajstić information content (AvgIpc) is 2.93. The first-order valence-corrected chi connectivity index (χ1v) is 5.86. The maximum absolute atomic E-state index is 13.5. The standard InChI is InChI=1S/C15H11FO3/c1-8-6-11(9(2)18-8)14(17)13-7-10-4-3-5-12(16)15(10)19-13/h3-7H,1-2H3. The van der Waals surface area contributed by atoms with Crippen molar-refractivity contribution < 1.29 is 18.0 Å². The van der Waals surface area contributed by atoms with Crippen LogP contribution in [-0.4, -0.2) is 5.78 Å². The molecule has 0 fully saturated rings. The summed E-state index contributed by atoms with van der Waals surface area (Å²) in [5.74, 6) is 0.525. The molecule has 0 aliphatic rings. The third-order valence-corrected chi connectivity index (χ3v) is 3.01. The van der Waals surface area contributed by atoms with Crippen LogP contribution < -0.4 is 0 Å². The molecule has 19 heavy (non-hydrogen) atoms. The topological polar surface area (TPSA) is 43.4 Å². The van der Waals surface area contributed by atoms with E-state index in [9.17, 15) is 9.18 Å².